The molecule has 4 aromatic carbocycles. The summed E-state index contributed by atoms with van der Waals surface area (Å²) in [6.07, 6.45) is 1.49. The largest absolute Gasteiger partial charge is 0.321 e. The molecule has 0 radical (unpaired) electrons. The molecule has 0 bridgehead atoms. The highest BCUT2D eigenvalue weighted by molar-refractivity contribution is 9.10. The van der Waals surface area contributed by atoms with E-state index >= 15 is 0 Å². The van der Waals surface area contributed by atoms with Gasteiger partial charge in [-0.3, -0.25) is 14.4 Å². The van der Waals surface area contributed by atoms with Crippen LogP contribution in [-0.2, 0) is 4.79 Å². The number of benzene rings is 4. The summed E-state index contributed by atoms with van der Waals surface area (Å²) in [5.74, 6) is -2.44. The van der Waals surface area contributed by atoms with Crippen LogP contribution < -0.4 is 10.6 Å². The van der Waals surface area contributed by atoms with Gasteiger partial charge < -0.3 is 10.6 Å². The van der Waals surface area contributed by atoms with Gasteiger partial charge in [0.25, 0.3) is 11.8 Å². The number of ketones is 1. The third kappa shape index (κ3) is 7.95. The van der Waals surface area contributed by atoms with Crippen molar-refractivity contribution < 1.29 is 23.2 Å². The zero-order chi connectivity index (χ0) is 27.8. The lowest BCUT2D eigenvalue weighted by Gasteiger charge is -2.12. The lowest BCUT2D eigenvalue weighted by Crippen LogP contribution is -2.31. The summed E-state index contributed by atoms with van der Waals surface area (Å²) in [5, 5.41) is 5.25. The summed E-state index contributed by atoms with van der Waals surface area (Å²) < 4.78 is 28.1. The molecule has 4 rings (SSSR count). The van der Waals surface area contributed by atoms with Crippen LogP contribution in [-0.4, -0.2) is 23.4 Å². The predicted molar refractivity (Wildman–Crippen MR) is 153 cm³/mol. The number of hydrogen-bond donors (Lipinski definition) is 2. The molecule has 0 unspecified atom stereocenters. The summed E-state index contributed by atoms with van der Waals surface area (Å²) in [6.45, 7) is 0. The summed E-state index contributed by atoms with van der Waals surface area (Å²) in [6, 6.07) is 24.8. The number of Topliss-reactive ketones (excluding diaryl/α,β-unsaturated/α-hetero) is 1. The number of carbonyl (C=O) groups excluding carboxylic acids is 3. The van der Waals surface area contributed by atoms with E-state index in [1.165, 1.54) is 66.4 Å². The maximum absolute atomic E-state index is 14.1. The molecule has 0 saturated carbocycles. The normalized spacial score (nSPS) is 11.1. The molecule has 0 atom stereocenters. The van der Waals surface area contributed by atoms with Crippen LogP contribution in [0.15, 0.2) is 112 Å². The van der Waals surface area contributed by atoms with E-state index in [0.29, 0.717) is 16.8 Å². The number of rotatable bonds is 9. The Labute approximate surface area is 236 Å². The summed E-state index contributed by atoms with van der Waals surface area (Å²) in [7, 11) is 0. The summed E-state index contributed by atoms with van der Waals surface area (Å²) in [4.78, 5) is 39.0. The Bertz CT molecular complexity index is 1520. The highest BCUT2D eigenvalue weighted by Crippen LogP contribution is 2.22. The number of thioether (sulfide) groups is 1. The number of amides is 2. The second kappa shape index (κ2) is 13.1. The molecule has 0 heterocycles. The summed E-state index contributed by atoms with van der Waals surface area (Å²) >= 11 is 4.67. The molecule has 9 heteroatoms. The third-order valence-electron chi connectivity index (χ3n) is 5.44. The highest BCUT2D eigenvalue weighted by Gasteiger charge is 2.17. The first-order valence-electron chi connectivity index (χ1n) is 11.6. The zero-order valence-corrected chi connectivity index (χ0v) is 22.7. The molecule has 0 saturated heterocycles. The van der Waals surface area contributed by atoms with E-state index in [2.05, 4.69) is 26.6 Å². The van der Waals surface area contributed by atoms with Gasteiger partial charge >= 0.3 is 0 Å². The monoisotopic (exact) mass is 606 g/mol. The Morgan fingerprint density at radius 1 is 0.821 bits per heavy atom. The maximum Gasteiger partial charge on any atom is 0.272 e. The molecule has 0 aliphatic heterocycles. The minimum absolute atomic E-state index is 0.0751. The van der Waals surface area contributed by atoms with Crippen molar-refractivity contribution in [1.82, 2.24) is 5.32 Å². The molecule has 0 spiro atoms. The average molecular weight is 607 g/mol. The van der Waals surface area contributed by atoms with Gasteiger partial charge in [0.2, 0.25) is 0 Å². The number of hydrogen-bond acceptors (Lipinski definition) is 4. The van der Waals surface area contributed by atoms with Gasteiger partial charge in [-0.1, -0.05) is 40.2 Å². The molecule has 2 N–H and O–H groups in total. The number of anilines is 1. The fourth-order valence-electron chi connectivity index (χ4n) is 3.42. The molecule has 196 valence electrons. The van der Waals surface area contributed by atoms with Gasteiger partial charge in [-0.25, -0.2) is 8.78 Å². The van der Waals surface area contributed by atoms with Crippen LogP contribution >= 0.6 is 27.7 Å². The standard InChI is InChI=1S/C30H21BrF2N2O3S/c31-21-9-5-19(6-10-21)17-27(35-29(37)25-3-1-2-4-26(25)33)30(38)34-23-13-15-24(16-14-23)39-18-28(36)20-7-11-22(32)12-8-20/h1-17H,18H2,(H,34,38)(H,35,37)/b27-17-. The lowest BCUT2D eigenvalue weighted by molar-refractivity contribution is -0.113. The SMILES string of the molecule is O=C(Nc1ccc(SCC(=O)c2ccc(F)cc2)cc1)/C(=C/c1ccc(Br)cc1)NC(=O)c1ccccc1F. The molecule has 2 amide bonds. The van der Waals surface area contributed by atoms with Crippen molar-refractivity contribution in [3.05, 3.63) is 136 Å². The van der Waals surface area contributed by atoms with E-state index in [0.717, 1.165) is 9.37 Å². The van der Waals surface area contributed by atoms with Crippen LogP contribution in [0.5, 0.6) is 0 Å². The minimum atomic E-state index is -0.760. The van der Waals surface area contributed by atoms with E-state index in [-0.39, 0.29) is 22.8 Å². The van der Waals surface area contributed by atoms with E-state index in [1.54, 1.807) is 48.5 Å². The van der Waals surface area contributed by atoms with Gasteiger partial charge in [0.1, 0.15) is 17.3 Å². The van der Waals surface area contributed by atoms with Crippen molar-refractivity contribution in [2.45, 2.75) is 4.90 Å². The molecule has 0 aromatic heterocycles. The van der Waals surface area contributed by atoms with E-state index in [9.17, 15) is 23.2 Å². The lowest BCUT2D eigenvalue weighted by atomic mass is 10.1. The van der Waals surface area contributed by atoms with Crippen molar-refractivity contribution >= 4 is 57.1 Å². The molecular weight excluding hydrogens is 586 g/mol. The molecule has 39 heavy (non-hydrogen) atoms. The van der Waals surface area contributed by atoms with Crippen LogP contribution in [0.3, 0.4) is 0 Å². The minimum Gasteiger partial charge on any atom is -0.321 e. The number of halogens is 3. The van der Waals surface area contributed by atoms with E-state index in [1.807, 2.05) is 0 Å². The van der Waals surface area contributed by atoms with E-state index in [4.69, 9.17) is 0 Å². The quantitative estimate of drug-likeness (QED) is 0.121. The fourth-order valence-corrected chi connectivity index (χ4v) is 4.48. The Morgan fingerprint density at radius 3 is 2.15 bits per heavy atom. The second-order valence-corrected chi connectivity index (χ2v) is 10.2. The van der Waals surface area contributed by atoms with Gasteiger partial charge in [-0.15, -0.1) is 11.8 Å². The first kappa shape index (κ1) is 27.9. The Hall–Kier alpha value is -4.08. The average Bonchev–Trinajstić information content (AvgIpc) is 2.94. The molecular formula is C30H21BrF2N2O3S. The third-order valence-corrected chi connectivity index (χ3v) is 6.98. The second-order valence-electron chi connectivity index (χ2n) is 8.24. The van der Waals surface area contributed by atoms with Gasteiger partial charge in [-0.2, -0.15) is 0 Å². The maximum atomic E-state index is 14.1. The smallest absolute Gasteiger partial charge is 0.272 e. The predicted octanol–water partition coefficient (Wildman–Crippen LogP) is 7.11. The van der Waals surface area contributed by atoms with Crippen LogP contribution in [0.25, 0.3) is 6.08 Å². The first-order chi connectivity index (χ1) is 18.8. The van der Waals surface area contributed by atoms with E-state index < -0.39 is 23.4 Å². The van der Waals surface area contributed by atoms with Crippen molar-refractivity contribution in [2.24, 2.45) is 0 Å². The number of nitrogens with one attached hydrogen (secondary N) is 2. The Morgan fingerprint density at radius 2 is 1.49 bits per heavy atom. The summed E-state index contributed by atoms with van der Waals surface area (Å²) in [5.41, 5.74) is 1.26. The van der Waals surface area contributed by atoms with Crippen LogP contribution in [0, 0.1) is 11.6 Å². The zero-order valence-electron chi connectivity index (χ0n) is 20.3. The van der Waals surface area contributed by atoms with Gasteiger partial charge in [0.15, 0.2) is 5.78 Å². The molecule has 0 aliphatic carbocycles. The van der Waals surface area contributed by atoms with Crippen molar-refractivity contribution in [1.29, 1.82) is 0 Å². The molecule has 0 fully saturated rings. The first-order valence-corrected chi connectivity index (χ1v) is 13.4. The van der Waals surface area contributed by atoms with Crippen LogP contribution in [0.1, 0.15) is 26.3 Å². The Balaban J connectivity index is 1.45. The molecule has 5 nitrogen and oxygen atoms in total. The fraction of sp³-hybridized carbons (Fsp3) is 0.0333. The van der Waals surface area contributed by atoms with Gasteiger partial charge in [0, 0.05) is 20.6 Å². The van der Waals surface area contributed by atoms with Crippen LogP contribution in [0.2, 0.25) is 0 Å². The topological polar surface area (TPSA) is 75.3 Å². The van der Waals surface area contributed by atoms with Crippen molar-refractivity contribution in [3.8, 4) is 0 Å². The Kier molecular flexibility index (Phi) is 9.40. The highest BCUT2D eigenvalue weighted by atomic mass is 79.9. The van der Waals surface area contributed by atoms with Gasteiger partial charge in [0.05, 0.1) is 11.3 Å². The molecule has 4 aromatic rings. The molecule has 0 aliphatic rings. The van der Waals surface area contributed by atoms with Gasteiger partial charge in [-0.05, 0) is 84.4 Å². The van der Waals surface area contributed by atoms with Crippen molar-refractivity contribution in [3.63, 3.8) is 0 Å². The number of carbonyl (C=O) groups is 3. The van der Waals surface area contributed by atoms with Crippen molar-refractivity contribution in [2.75, 3.05) is 11.1 Å². The van der Waals surface area contributed by atoms with Crippen LogP contribution in [0.4, 0.5) is 14.5 Å².